The minimum atomic E-state index is -0.137. The molecule has 0 spiro atoms. The third-order valence-electron chi connectivity index (χ3n) is 2.91. The standard InChI is InChI=1S/C13H13BrO2/c1-3-13(5-6-13)9-7-10(14)12(15)11(8-9)16-4-2/h1,7-8,15H,4-6H2,2H3. The monoisotopic (exact) mass is 280 g/mol. The van der Waals surface area contributed by atoms with E-state index in [1.165, 1.54) is 0 Å². The second-order valence-electron chi connectivity index (χ2n) is 3.96. The van der Waals surface area contributed by atoms with Crippen LogP contribution in [0.1, 0.15) is 25.3 Å². The van der Waals surface area contributed by atoms with Gasteiger partial charge in [0, 0.05) is 0 Å². The average Bonchev–Trinajstić information content (AvgIpc) is 3.05. The van der Waals surface area contributed by atoms with Gasteiger partial charge in [-0.1, -0.05) is 5.92 Å². The lowest BCUT2D eigenvalue weighted by Crippen LogP contribution is -2.03. The van der Waals surface area contributed by atoms with Crippen molar-refractivity contribution in [2.24, 2.45) is 0 Å². The molecule has 1 aliphatic rings. The first kappa shape index (κ1) is 11.3. The zero-order chi connectivity index (χ0) is 11.8. The van der Waals surface area contributed by atoms with Crippen molar-refractivity contribution in [3.8, 4) is 23.8 Å². The van der Waals surface area contributed by atoms with Crippen LogP contribution in [-0.2, 0) is 5.41 Å². The summed E-state index contributed by atoms with van der Waals surface area (Å²) < 4.78 is 6.01. The maximum absolute atomic E-state index is 9.79. The molecule has 1 N–H and O–H groups in total. The number of rotatable bonds is 3. The van der Waals surface area contributed by atoms with Gasteiger partial charge in [0.1, 0.15) is 0 Å². The van der Waals surface area contributed by atoms with Gasteiger partial charge in [-0.05, 0) is 53.4 Å². The molecule has 0 aromatic heterocycles. The van der Waals surface area contributed by atoms with E-state index >= 15 is 0 Å². The quantitative estimate of drug-likeness (QED) is 0.862. The molecule has 1 fully saturated rings. The van der Waals surface area contributed by atoms with E-state index in [1.807, 2.05) is 19.1 Å². The van der Waals surface area contributed by atoms with Crippen molar-refractivity contribution in [3.63, 3.8) is 0 Å². The number of ether oxygens (including phenoxy) is 1. The van der Waals surface area contributed by atoms with Crippen molar-refractivity contribution in [1.29, 1.82) is 0 Å². The highest BCUT2D eigenvalue weighted by molar-refractivity contribution is 9.10. The van der Waals surface area contributed by atoms with Crippen molar-refractivity contribution in [3.05, 3.63) is 22.2 Å². The van der Waals surface area contributed by atoms with Crippen molar-refractivity contribution in [2.75, 3.05) is 6.61 Å². The molecule has 16 heavy (non-hydrogen) atoms. The van der Waals surface area contributed by atoms with E-state index in [4.69, 9.17) is 11.2 Å². The first-order valence-corrected chi connectivity index (χ1v) is 6.06. The molecule has 0 saturated heterocycles. The van der Waals surface area contributed by atoms with Crippen LogP contribution < -0.4 is 4.74 Å². The van der Waals surface area contributed by atoms with Crippen LogP contribution in [0, 0.1) is 12.3 Å². The maximum Gasteiger partial charge on any atom is 0.172 e. The first-order chi connectivity index (χ1) is 7.63. The molecule has 1 aliphatic carbocycles. The lowest BCUT2D eigenvalue weighted by atomic mass is 9.97. The predicted octanol–water partition coefficient (Wildman–Crippen LogP) is 3.22. The normalized spacial score (nSPS) is 16.6. The van der Waals surface area contributed by atoms with Crippen LogP contribution in [0.25, 0.3) is 0 Å². The summed E-state index contributed by atoms with van der Waals surface area (Å²) in [5, 5.41) is 9.79. The number of aromatic hydroxyl groups is 1. The summed E-state index contributed by atoms with van der Waals surface area (Å²) in [5.74, 6) is 3.46. The Morgan fingerprint density at radius 1 is 1.56 bits per heavy atom. The smallest absolute Gasteiger partial charge is 0.172 e. The molecule has 1 aromatic carbocycles. The summed E-state index contributed by atoms with van der Waals surface area (Å²) in [6.07, 6.45) is 7.56. The Bertz CT molecular complexity index is 456. The van der Waals surface area contributed by atoms with Gasteiger partial charge in [0.25, 0.3) is 0 Å². The summed E-state index contributed by atoms with van der Waals surface area (Å²) in [5.41, 5.74) is 0.908. The first-order valence-electron chi connectivity index (χ1n) is 5.26. The van der Waals surface area contributed by atoms with E-state index in [0.717, 1.165) is 18.4 Å². The number of hydrogen-bond donors (Lipinski definition) is 1. The van der Waals surface area contributed by atoms with Gasteiger partial charge in [-0.15, -0.1) is 6.42 Å². The van der Waals surface area contributed by atoms with Crippen molar-refractivity contribution >= 4 is 15.9 Å². The molecule has 0 aliphatic heterocycles. The molecule has 2 rings (SSSR count). The lowest BCUT2D eigenvalue weighted by molar-refractivity contribution is 0.316. The number of halogens is 1. The fourth-order valence-electron chi connectivity index (χ4n) is 1.76. The molecular formula is C13H13BrO2. The Balaban J connectivity index is 2.46. The zero-order valence-corrected chi connectivity index (χ0v) is 10.7. The number of hydrogen-bond acceptors (Lipinski definition) is 2. The Morgan fingerprint density at radius 3 is 2.75 bits per heavy atom. The summed E-state index contributed by atoms with van der Waals surface area (Å²) in [6, 6.07) is 3.72. The lowest BCUT2D eigenvalue weighted by Gasteiger charge is -2.13. The molecule has 0 heterocycles. The van der Waals surface area contributed by atoms with Crippen LogP contribution >= 0.6 is 15.9 Å². The van der Waals surface area contributed by atoms with Crippen LogP contribution in [0.5, 0.6) is 11.5 Å². The minimum absolute atomic E-state index is 0.137. The molecule has 84 valence electrons. The number of terminal acetylenes is 1. The molecule has 0 radical (unpaired) electrons. The highest BCUT2D eigenvalue weighted by atomic mass is 79.9. The van der Waals surface area contributed by atoms with Crippen LogP contribution in [0.15, 0.2) is 16.6 Å². The van der Waals surface area contributed by atoms with Crippen LogP contribution in [0.2, 0.25) is 0 Å². The SMILES string of the molecule is C#CC1(c2cc(Br)c(O)c(OCC)c2)CC1. The van der Waals surface area contributed by atoms with E-state index in [0.29, 0.717) is 16.8 Å². The van der Waals surface area contributed by atoms with Crippen LogP contribution in [0.4, 0.5) is 0 Å². The summed E-state index contributed by atoms with van der Waals surface area (Å²) in [7, 11) is 0. The number of phenols is 1. The average molecular weight is 281 g/mol. The van der Waals surface area contributed by atoms with Crippen LogP contribution in [0.3, 0.4) is 0 Å². The van der Waals surface area contributed by atoms with Gasteiger partial charge in [-0.3, -0.25) is 0 Å². The molecular weight excluding hydrogens is 268 g/mol. The molecule has 0 unspecified atom stereocenters. The van der Waals surface area contributed by atoms with Gasteiger partial charge in [0.15, 0.2) is 11.5 Å². The topological polar surface area (TPSA) is 29.5 Å². The highest BCUT2D eigenvalue weighted by Gasteiger charge is 2.43. The van der Waals surface area contributed by atoms with Crippen molar-refractivity contribution in [2.45, 2.75) is 25.2 Å². The van der Waals surface area contributed by atoms with E-state index in [9.17, 15) is 5.11 Å². The summed E-state index contributed by atoms with van der Waals surface area (Å²) >= 11 is 3.32. The second-order valence-corrected chi connectivity index (χ2v) is 4.82. The Morgan fingerprint density at radius 2 is 2.25 bits per heavy atom. The van der Waals surface area contributed by atoms with E-state index in [1.54, 1.807) is 0 Å². The third-order valence-corrected chi connectivity index (χ3v) is 3.51. The zero-order valence-electron chi connectivity index (χ0n) is 9.09. The largest absolute Gasteiger partial charge is 0.503 e. The molecule has 0 atom stereocenters. The van der Waals surface area contributed by atoms with Crippen molar-refractivity contribution in [1.82, 2.24) is 0 Å². The Hall–Kier alpha value is -1.14. The van der Waals surface area contributed by atoms with Crippen LogP contribution in [-0.4, -0.2) is 11.7 Å². The minimum Gasteiger partial charge on any atom is -0.503 e. The molecule has 3 heteroatoms. The second kappa shape index (κ2) is 4.03. The summed E-state index contributed by atoms with van der Waals surface area (Å²) in [6.45, 7) is 2.40. The van der Waals surface area contributed by atoms with Gasteiger partial charge in [-0.2, -0.15) is 0 Å². The number of benzene rings is 1. The van der Waals surface area contributed by atoms with E-state index in [-0.39, 0.29) is 11.2 Å². The Labute approximate surface area is 104 Å². The van der Waals surface area contributed by atoms with Crippen molar-refractivity contribution < 1.29 is 9.84 Å². The van der Waals surface area contributed by atoms with Gasteiger partial charge >= 0.3 is 0 Å². The van der Waals surface area contributed by atoms with Gasteiger partial charge in [0.05, 0.1) is 16.5 Å². The third kappa shape index (κ3) is 1.78. The molecule has 0 bridgehead atoms. The van der Waals surface area contributed by atoms with Gasteiger partial charge < -0.3 is 9.84 Å². The molecule has 1 saturated carbocycles. The molecule has 2 nitrogen and oxygen atoms in total. The molecule has 0 amide bonds. The fourth-order valence-corrected chi connectivity index (χ4v) is 2.20. The van der Waals surface area contributed by atoms with Gasteiger partial charge in [-0.25, -0.2) is 0 Å². The van der Waals surface area contributed by atoms with E-state index in [2.05, 4.69) is 21.9 Å². The summed E-state index contributed by atoms with van der Waals surface area (Å²) in [4.78, 5) is 0. The fraction of sp³-hybridized carbons (Fsp3) is 0.385. The van der Waals surface area contributed by atoms with Gasteiger partial charge in [0.2, 0.25) is 0 Å². The highest BCUT2D eigenvalue weighted by Crippen LogP contribution is 2.50. The Kier molecular flexibility index (Phi) is 2.86. The molecule has 1 aromatic rings. The maximum atomic E-state index is 9.79. The predicted molar refractivity (Wildman–Crippen MR) is 66.7 cm³/mol. The van der Waals surface area contributed by atoms with E-state index < -0.39 is 0 Å². The number of phenolic OH excluding ortho intramolecular Hbond substituents is 1.